The number of benzene rings is 1. The van der Waals surface area contributed by atoms with Crippen LogP contribution in [0.25, 0.3) is 0 Å². The van der Waals surface area contributed by atoms with Crippen LogP contribution in [0, 0.1) is 0 Å². The van der Waals surface area contributed by atoms with Crippen molar-refractivity contribution in [1.82, 2.24) is 15.5 Å². The second kappa shape index (κ2) is 9.89. The largest absolute Gasteiger partial charge is 0.493 e. The highest BCUT2D eigenvalue weighted by atomic mass is 16.5. The van der Waals surface area contributed by atoms with Crippen LogP contribution in [0.4, 0.5) is 0 Å². The third kappa shape index (κ3) is 6.13. The van der Waals surface area contributed by atoms with Gasteiger partial charge in [-0.2, -0.15) is 0 Å². The highest BCUT2D eigenvalue weighted by molar-refractivity contribution is 5.85. The number of rotatable bonds is 9. The minimum atomic E-state index is -0.0174. The number of guanidine groups is 1. The number of nitrogens with zero attached hydrogens (tertiary/aromatic N) is 2. The second-order valence-electron chi connectivity index (χ2n) is 6.37. The average molecular weight is 362 g/mol. The number of hydrogen-bond acceptors (Lipinski definition) is 4. The Morgan fingerprint density at radius 3 is 2.62 bits per heavy atom. The quantitative estimate of drug-likeness (QED) is 0.513. The number of aliphatic imine (C=N–C) groups is 1. The summed E-state index contributed by atoms with van der Waals surface area (Å²) in [5.41, 5.74) is 1.15. The van der Waals surface area contributed by atoms with Crippen molar-refractivity contribution < 1.29 is 14.3 Å². The highest BCUT2D eigenvalue weighted by Crippen LogP contribution is 2.27. The van der Waals surface area contributed by atoms with E-state index in [-0.39, 0.29) is 12.5 Å². The molecule has 0 unspecified atom stereocenters. The van der Waals surface area contributed by atoms with E-state index < -0.39 is 0 Å². The zero-order valence-corrected chi connectivity index (χ0v) is 16.2. The fourth-order valence-electron chi connectivity index (χ4n) is 2.56. The molecule has 0 atom stereocenters. The molecule has 7 nitrogen and oxygen atoms in total. The van der Waals surface area contributed by atoms with Gasteiger partial charge in [-0.15, -0.1) is 0 Å². The molecule has 0 aromatic heterocycles. The molecule has 0 aliphatic heterocycles. The molecule has 1 amide bonds. The molecule has 1 fully saturated rings. The molecule has 1 aliphatic rings. The third-order valence-corrected chi connectivity index (χ3v) is 4.20. The van der Waals surface area contributed by atoms with Gasteiger partial charge >= 0.3 is 0 Å². The molecule has 0 heterocycles. The number of nitrogens with one attached hydrogen (secondary N) is 2. The molecule has 1 aliphatic carbocycles. The molecule has 0 radical (unpaired) electrons. The van der Waals surface area contributed by atoms with Crippen molar-refractivity contribution in [2.24, 2.45) is 4.99 Å². The molecule has 0 bridgehead atoms. The van der Waals surface area contributed by atoms with Gasteiger partial charge in [-0.05, 0) is 43.9 Å². The summed E-state index contributed by atoms with van der Waals surface area (Å²) < 4.78 is 10.6. The van der Waals surface area contributed by atoms with Crippen molar-refractivity contribution in [1.29, 1.82) is 0 Å². The molecule has 0 saturated heterocycles. The SMILES string of the molecule is CCNC(=NCC(=O)NC1CC1)N(C)CCc1ccc(OC)c(OC)c1. The van der Waals surface area contributed by atoms with Gasteiger partial charge in [0, 0.05) is 26.2 Å². The van der Waals surface area contributed by atoms with Crippen molar-refractivity contribution in [2.75, 3.05) is 40.9 Å². The van der Waals surface area contributed by atoms with Gasteiger partial charge in [0.2, 0.25) is 5.91 Å². The lowest BCUT2D eigenvalue weighted by Gasteiger charge is -2.22. The van der Waals surface area contributed by atoms with Gasteiger partial charge in [0.1, 0.15) is 6.54 Å². The molecule has 0 spiro atoms. The predicted octanol–water partition coefficient (Wildman–Crippen LogP) is 1.42. The first-order valence-electron chi connectivity index (χ1n) is 9.07. The van der Waals surface area contributed by atoms with Gasteiger partial charge < -0.3 is 25.0 Å². The van der Waals surface area contributed by atoms with Crippen molar-refractivity contribution in [3.05, 3.63) is 23.8 Å². The van der Waals surface area contributed by atoms with Gasteiger partial charge in [-0.25, -0.2) is 4.99 Å². The molecule has 1 saturated carbocycles. The predicted molar refractivity (Wildman–Crippen MR) is 103 cm³/mol. The number of hydrogen-bond donors (Lipinski definition) is 2. The van der Waals surface area contributed by atoms with E-state index >= 15 is 0 Å². The highest BCUT2D eigenvalue weighted by Gasteiger charge is 2.23. The lowest BCUT2D eigenvalue weighted by atomic mass is 10.1. The van der Waals surface area contributed by atoms with Crippen molar-refractivity contribution in [3.8, 4) is 11.5 Å². The summed E-state index contributed by atoms with van der Waals surface area (Å²) in [5.74, 6) is 2.17. The fourth-order valence-corrected chi connectivity index (χ4v) is 2.56. The Morgan fingerprint density at radius 1 is 1.27 bits per heavy atom. The first-order chi connectivity index (χ1) is 12.6. The van der Waals surface area contributed by atoms with Crippen LogP contribution in [-0.4, -0.2) is 63.7 Å². The van der Waals surface area contributed by atoms with E-state index in [4.69, 9.17) is 9.47 Å². The van der Waals surface area contributed by atoms with E-state index in [2.05, 4.69) is 15.6 Å². The summed E-state index contributed by atoms with van der Waals surface area (Å²) in [6.07, 6.45) is 3.00. The Labute approximate surface area is 155 Å². The molecule has 2 N–H and O–H groups in total. The van der Waals surface area contributed by atoms with E-state index in [1.54, 1.807) is 14.2 Å². The molecular formula is C19H30N4O3. The Balaban J connectivity index is 1.91. The van der Waals surface area contributed by atoms with Crippen LogP contribution in [0.1, 0.15) is 25.3 Å². The molecule has 2 rings (SSSR count). The lowest BCUT2D eigenvalue weighted by molar-refractivity contribution is -0.119. The van der Waals surface area contributed by atoms with E-state index in [0.29, 0.717) is 6.04 Å². The van der Waals surface area contributed by atoms with Gasteiger partial charge in [0.15, 0.2) is 17.5 Å². The van der Waals surface area contributed by atoms with Crippen molar-refractivity contribution in [3.63, 3.8) is 0 Å². The molecule has 144 valence electrons. The molecule has 7 heteroatoms. The number of ether oxygens (including phenoxy) is 2. The fraction of sp³-hybridized carbons (Fsp3) is 0.579. The first kappa shape index (κ1) is 19.9. The minimum absolute atomic E-state index is 0.0174. The molecule has 1 aromatic carbocycles. The molecule has 1 aromatic rings. The van der Waals surface area contributed by atoms with E-state index in [0.717, 1.165) is 55.4 Å². The van der Waals surface area contributed by atoms with Crippen LogP contribution in [-0.2, 0) is 11.2 Å². The summed E-state index contributed by atoms with van der Waals surface area (Å²) in [6, 6.07) is 6.29. The Morgan fingerprint density at radius 2 is 2.00 bits per heavy atom. The number of likely N-dealkylation sites (N-methyl/N-ethyl adjacent to an activating group) is 1. The standard InChI is InChI=1S/C19H30N4O3/c1-5-20-19(21-13-18(24)22-15-7-8-15)23(2)11-10-14-6-9-16(25-3)17(12-14)26-4/h6,9,12,15H,5,7-8,10-11,13H2,1-4H3,(H,20,21)(H,22,24). The number of amides is 1. The maximum atomic E-state index is 11.8. The van der Waals surface area contributed by atoms with Gasteiger partial charge in [-0.3, -0.25) is 4.79 Å². The topological polar surface area (TPSA) is 75.2 Å². The Kier molecular flexibility index (Phi) is 7.56. The summed E-state index contributed by atoms with van der Waals surface area (Å²) in [4.78, 5) is 18.3. The van der Waals surface area contributed by atoms with Crippen LogP contribution in [0.5, 0.6) is 11.5 Å². The van der Waals surface area contributed by atoms with E-state index in [1.807, 2.05) is 37.1 Å². The van der Waals surface area contributed by atoms with Gasteiger partial charge in [-0.1, -0.05) is 6.07 Å². The minimum Gasteiger partial charge on any atom is -0.493 e. The summed E-state index contributed by atoms with van der Waals surface area (Å²) >= 11 is 0. The van der Waals surface area contributed by atoms with Gasteiger partial charge in [0.25, 0.3) is 0 Å². The zero-order chi connectivity index (χ0) is 18.9. The number of carbonyl (C=O) groups excluding carboxylic acids is 1. The Hall–Kier alpha value is -2.44. The lowest BCUT2D eigenvalue weighted by Crippen LogP contribution is -2.41. The van der Waals surface area contributed by atoms with Crippen molar-refractivity contribution in [2.45, 2.75) is 32.2 Å². The molecule has 26 heavy (non-hydrogen) atoms. The van der Waals surface area contributed by atoms with Gasteiger partial charge in [0.05, 0.1) is 14.2 Å². The van der Waals surface area contributed by atoms with Crippen LogP contribution in [0.2, 0.25) is 0 Å². The third-order valence-electron chi connectivity index (χ3n) is 4.20. The second-order valence-corrected chi connectivity index (χ2v) is 6.37. The van der Waals surface area contributed by atoms with Crippen LogP contribution in [0.15, 0.2) is 23.2 Å². The monoisotopic (exact) mass is 362 g/mol. The smallest absolute Gasteiger partial charge is 0.242 e. The van der Waals surface area contributed by atoms with Crippen LogP contribution in [0.3, 0.4) is 0 Å². The normalized spacial score (nSPS) is 13.9. The van der Waals surface area contributed by atoms with Crippen LogP contribution >= 0.6 is 0 Å². The maximum absolute atomic E-state index is 11.8. The zero-order valence-electron chi connectivity index (χ0n) is 16.2. The van der Waals surface area contributed by atoms with Crippen LogP contribution < -0.4 is 20.1 Å². The summed E-state index contributed by atoms with van der Waals surface area (Å²) in [6.45, 7) is 3.69. The maximum Gasteiger partial charge on any atom is 0.242 e. The summed E-state index contributed by atoms with van der Waals surface area (Å²) in [7, 11) is 5.24. The van der Waals surface area contributed by atoms with E-state index in [9.17, 15) is 4.79 Å². The first-order valence-corrected chi connectivity index (χ1v) is 9.07. The number of carbonyl (C=O) groups is 1. The Bertz CT molecular complexity index is 629. The summed E-state index contributed by atoms with van der Waals surface area (Å²) in [5, 5.41) is 6.19. The molecular weight excluding hydrogens is 332 g/mol. The average Bonchev–Trinajstić information content (AvgIpc) is 3.46. The number of methoxy groups -OCH3 is 2. The van der Waals surface area contributed by atoms with E-state index in [1.165, 1.54) is 0 Å². The van der Waals surface area contributed by atoms with Crippen molar-refractivity contribution >= 4 is 11.9 Å².